The molecule has 4 heteroatoms. The van der Waals surface area contributed by atoms with Gasteiger partial charge in [-0.2, -0.15) is 11.8 Å². The van der Waals surface area contributed by atoms with Gasteiger partial charge in [0.05, 0.1) is 4.47 Å². The maximum Gasteiger partial charge on any atom is 0.144 e. The predicted octanol–water partition coefficient (Wildman–Crippen LogP) is 4.90. The normalized spacial score (nSPS) is 16.9. The van der Waals surface area contributed by atoms with E-state index in [2.05, 4.69) is 15.9 Å². The van der Waals surface area contributed by atoms with Crippen LogP contribution in [-0.4, -0.2) is 5.25 Å². The minimum absolute atomic E-state index is 0.200. The number of rotatable bonds is 3. The molecule has 0 saturated heterocycles. The van der Waals surface area contributed by atoms with Crippen molar-refractivity contribution in [3.8, 4) is 0 Å². The fourth-order valence-electron chi connectivity index (χ4n) is 1.96. The molecule has 2 rings (SSSR count). The highest BCUT2D eigenvalue weighted by Crippen LogP contribution is 2.33. The standard InChI is InChI=1S/C12H13BrF2S/c13-10-5-6-11(14)9(12(10)15)7-16-8-3-1-2-4-8/h5-6,8H,1-4,7H2. The monoisotopic (exact) mass is 306 g/mol. The van der Waals surface area contributed by atoms with E-state index in [1.54, 1.807) is 11.8 Å². The lowest BCUT2D eigenvalue weighted by atomic mass is 10.2. The van der Waals surface area contributed by atoms with Gasteiger partial charge in [0.15, 0.2) is 0 Å². The second kappa shape index (κ2) is 5.50. The Bertz CT molecular complexity index is 376. The number of thioether (sulfide) groups is 1. The Morgan fingerprint density at radius 2 is 1.94 bits per heavy atom. The van der Waals surface area contributed by atoms with Gasteiger partial charge in [-0.25, -0.2) is 8.78 Å². The van der Waals surface area contributed by atoms with E-state index in [4.69, 9.17) is 0 Å². The Labute approximate surface area is 107 Å². The zero-order valence-corrected chi connectivity index (χ0v) is 11.2. The first kappa shape index (κ1) is 12.4. The molecule has 0 aromatic heterocycles. The van der Waals surface area contributed by atoms with Crippen molar-refractivity contribution in [2.75, 3.05) is 0 Å². The van der Waals surface area contributed by atoms with E-state index in [1.165, 1.54) is 37.8 Å². The van der Waals surface area contributed by atoms with Gasteiger partial charge >= 0.3 is 0 Å². The Balaban J connectivity index is 2.05. The van der Waals surface area contributed by atoms with Crippen LogP contribution >= 0.6 is 27.7 Å². The van der Waals surface area contributed by atoms with Crippen LogP contribution in [0.25, 0.3) is 0 Å². The molecule has 0 aliphatic heterocycles. The summed E-state index contributed by atoms with van der Waals surface area (Å²) in [4.78, 5) is 0. The summed E-state index contributed by atoms with van der Waals surface area (Å²) in [5.41, 5.74) is 0.200. The SMILES string of the molecule is Fc1ccc(Br)c(F)c1CSC1CCCC1. The van der Waals surface area contributed by atoms with Gasteiger partial charge in [-0.1, -0.05) is 12.8 Å². The molecule has 0 radical (unpaired) electrons. The zero-order valence-electron chi connectivity index (χ0n) is 8.81. The number of benzene rings is 1. The van der Waals surface area contributed by atoms with Gasteiger partial charge in [0, 0.05) is 16.6 Å². The van der Waals surface area contributed by atoms with Gasteiger partial charge in [0.2, 0.25) is 0 Å². The highest BCUT2D eigenvalue weighted by molar-refractivity contribution is 9.10. The fourth-order valence-corrected chi connectivity index (χ4v) is 3.66. The van der Waals surface area contributed by atoms with E-state index < -0.39 is 11.6 Å². The molecular formula is C12H13BrF2S. The summed E-state index contributed by atoms with van der Waals surface area (Å²) in [5.74, 6) is -0.460. The molecule has 0 bridgehead atoms. The zero-order chi connectivity index (χ0) is 11.5. The summed E-state index contributed by atoms with van der Waals surface area (Å²) < 4.78 is 27.4. The first-order chi connectivity index (χ1) is 7.68. The summed E-state index contributed by atoms with van der Waals surface area (Å²) in [6.07, 6.45) is 4.87. The summed E-state index contributed by atoms with van der Waals surface area (Å²) in [6.45, 7) is 0. The summed E-state index contributed by atoms with van der Waals surface area (Å²) >= 11 is 4.76. The van der Waals surface area contributed by atoms with E-state index in [1.807, 2.05) is 0 Å². The van der Waals surface area contributed by atoms with Crippen molar-refractivity contribution in [1.82, 2.24) is 0 Å². The van der Waals surface area contributed by atoms with Crippen molar-refractivity contribution < 1.29 is 8.78 Å². The average Bonchev–Trinajstić information content (AvgIpc) is 2.77. The summed E-state index contributed by atoms with van der Waals surface area (Å²) in [5, 5.41) is 0.581. The van der Waals surface area contributed by atoms with E-state index in [0.717, 1.165) is 0 Å². The van der Waals surface area contributed by atoms with E-state index in [9.17, 15) is 8.78 Å². The molecule has 1 aromatic carbocycles. The van der Waals surface area contributed by atoms with Crippen LogP contribution in [0.2, 0.25) is 0 Å². The lowest BCUT2D eigenvalue weighted by Crippen LogP contribution is -1.99. The molecule has 0 unspecified atom stereocenters. The molecule has 16 heavy (non-hydrogen) atoms. The van der Waals surface area contributed by atoms with Crippen LogP contribution in [0.3, 0.4) is 0 Å². The second-order valence-corrected chi connectivity index (χ2v) is 6.18. The topological polar surface area (TPSA) is 0 Å². The fraction of sp³-hybridized carbons (Fsp3) is 0.500. The molecule has 88 valence electrons. The average molecular weight is 307 g/mol. The first-order valence-electron chi connectivity index (χ1n) is 5.42. The predicted molar refractivity (Wildman–Crippen MR) is 67.6 cm³/mol. The molecule has 0 amide bonds. The highest BCUT2D eigenvalue weighted by atomic mass is 79.9. The van der Waals surface area contributed by atoms with Crippen molar-refractivity contribution in [2.45, 2.75) is 36.7 Å². The largest absolute Gasteiger partial charge is 0.207 e. The molecule has 0 nitrogen and oxygen atoms in total. The summed E-state index contributed by atoms with van der Waals surface area (Å²) in [6, 6.07) is 2.73. The molecule has 1 fully saturated rings. The van der Waals surface area contributed by atoms with E-state index in [-0.39, 0.29) is 5.56 Å². The van der Waals surface area contributed by atoms with Crippen LogP contribution in [0, 0.1) is 11.6 Å². The molecule has 0 heterocycles. The van der Waals surface area contributed by atoms with Gasteiger partial charge < -0.3 is 0 Å². The molecule has 1 aliphatic rings. The molecule has 0 atom stereocenters. The minimum atomic E-state index is -0.453. The molecule has 0 N–H and O–H groups in total. The van der Waals surface area contributed by atoms with Crippen LogP contribution in [0.15, 0.2) is 16.6 Å². The van der Waals surface area contributed by atoms with Crippen molar-refractivity contribution in [1.29, 1.82) is 0 Å². The molecule has 1 saturated carbocycles. The Hall–Kier alpha value is -0.0900. The lowest BCUT2D eigenvalue weighted by Gasteiger charge is -2.10. The van der Waals surface area contributed by atoms with Crippen LogP contribution in [-0.2, 0) is 5.75 Å². The second-order valence-electron chi connectivity index (χ2n) is 4.04. The number of hydrogen-bond acceptors (Lipinski definition) is 1. The number of halogens is 3. The highest BCUT2D eigenvalue weighted by Gasteiger charge is 2.18. The van der Waals surface area contributed by atoms with E-state index in [0.29, 0.717) is 15.5 Å². The van der Waals surface area contributed by atoms with Gasteiger partial charge in [0.25, 0.3) is 0 Å². The maximum atomic E-state index is 13.6. The van der Waals surface area contributed by atoms with Crippen molar-refractivity contribution >= 4 is 27.7 Å². The lowest BCUT2D eigenvalue weighted by molar-refractivity contribution is 0.562. The smallest absolute Gasteiger partial charge is 0.144 e. The van der Waals surface area contributed by atoms with Crippen LogP contribution < -0.4 is 0 Å². The third-order valence-corrected chi connectivity index (χ3v) is 4.92. The van der Waals surface area contributed by atoms with Crippen LogP contribution in [0.4, 0.5) is 8.78 Å². The quantitative estimate of drug-likeness (QED) is 0.716. The van der Waals surface area contributed by atoms with E-state index >= 15 is 0 Å². The Morgan fingerprint density at radius 3 is 2.62 bits per heavy atom. The molecule has 1 aliphatic carbocycles. The third kappa shape index (κ3) is 2.77. The molecule has 0 spiro atoms. The van der Waals surface area contributed by atoms with Crippen LogP contribution in [0.5, 0.6) is 0 Å². The maximum absolute atomic E-state index is 13.6. The van der Waals surface area contributed by atoms with Crippen molar-refractivity contribution in [2.24, 2.45) is 0 Å². The van der Waals surface area contributed by atoms with Gasteiger partial charge in [0.1, 0.15) is 11.6 Å². The van der Waals surface area contributed by atoms with Gasteiger partial charge in [-0.05, 0) is 40.9 Å². The minimum Gasteiger partial charge on any atom is -0.207 e. The first-order valence-corrected chi connectivity index (χ1v) is 7.26. The Morgan fingerprint density at radius 1 is 1.25 bits per heavy atom. The third-order valence-electron chi connectivity index (χ3n) is 2.90. The van der Waals surface area contributed by atoms with Crippen molar-refractivity contribution in [3.05, 3.63) is 33.8 Å². The Kier molecular flexibility index (Phi) is 4.25. The number of hydrogen-bond donors (Lipinski definition) is 0. The van der Waals surface area contributed by atoms with Crippen molar-refractivity contribution in [3.63, 3.8) is 0 Å². The molecular weight excluding hydrogens is 294 g/mol. The molecule has 1 aromatic rings. The van der Waals surface area contributed by atoms with Gasteiger partial charge in [-0.15, -0.1) is 0 Å². The van der Waals surface area contributed by atoms with Gasteiger partial charge in [-0.3, -0.25) is 0 Å². The summed E-state index contributed by atoms with van der Waals surface area (Å²) in [7, 11) is 0. The van der Waals surface area contributed by atoms with Crippen LogP contribution in [0.1, 0.15) is 31.2 Å².